The van der Waals surface area contributed by atoms with Crippen LogP contribution < -0.4 is 5.73 Å². The number of rotatable bonds is 3. The number of aromatic nitrogens is 2. The maximum atomic E-state index is 13.2. The molecule has 1 heterocycles. The highest BCUT2D eigenvalue weighted by atomic mass is 32.2. The van der Waals surface area contributed by atoms with Crippen molar-refractivity contribution in [2.75, 3.05) is 12.0 Å². The molecule has 0 saturated heterocycles. The number of halogens is 3. The van der Waals surface area contributed by atoms with E-state index in [1.807, 2.05) is 0 Å². The van der Waals surface area contributed by atoms with Gasteiger partial charge in [0.05, 0.1) is 16.0 Å². The molecule has 2 N–H and O–H groups in total. The van der Waals surface area contributed by atoms with Gasteiger partial charge in [0.15, 0.2) is 15.7 Å². The number of hydrogen-bond donors (Lipinski definition) is 1. The molecule has 0 bridgehead atoms. The third kappa shape index (κ3) is 4.09. The van der Waals surface area contributed by atoms with Crippen LogP contribution in [-0.4, -0.2) is 24.6 Å². The van der Waals surface area contributed by atoms with Gasteiger partial charge in [-0.2, -0.15) is 13.2 Å². The molecule has 158 valence electrons. The molecule has 31 heavy (non-hydrogen) atoms. The Kier molecular flexibility index (Phi) is 4.93. The quantitative estimate of drug-likeness (QED) is 0.483. The number of hydrogen-bond acceptors (Lipinski definition) is 5. The van der Waals surface area contributed by atoms with E-state index in [9.17, 15) is 21.6 Å². The summed E-state index contributed by atoms with van der Waals surface area (Å²) in [4.78, 5) is 8.47. The van der Waals surface area contributed by atoms with Crippen molar-refractivity contribution < 1.29 is 21.6 Å². The van der Waals surface area contributed by atoms with Gasteiger partial charge in [-0.15, -0.1) is 0 Å². The summed E-state index contributed by atoms with van der Waals surface area (Å²) in [5.74, 6) is -0.115. The molecular formula is C22H16F3N3O2S. The summed E-state index contributed by atoms with van der Waals surface area (Å²) in [7, 11) is -3.34. The second-order valence-corrected chi connectivity index (χ2v) is 9.02. The normalized spacial score (nSPS) is 12.3. The van der Waals surface area contributed by atoms with Crippen LogP contribution in [0.5, 0.6) is 0 Å². The van der Waals surface area contributed by atoms with Gasteiger partial charge in [-0.3, -0.25) is 0 Å². The molecule has 0 aliphatic heterocycles. The number of anilines is 1. The summed E-state index contributed by atoms with van der Waals surface area (Å²) in [6.45, 7) is 0. The molecule has 3 aromatic carbocycles. The highest BCUT2D eigenvalue weighted by molar-refractivity contribution is 7.90. The molecule has 4 rings (SSSR count). The summed E-state index contributed by atoms with van der Waals surface area (Å²) >= 11 is 0. The van der Waals surface area contributed by atoms with Crippen molar-refractivity contribution in [3.05, 3.63) is 72.3 Å². The minimum atomic E-state index is -4.57. The molecule has 0 atom stereocenters. The van der Waals surface area contributed by atoms with E-state index in [0.29, 0.717) is 11.1 Å². The monoisotopic (exact) mass is 443 g/mol. The molecule has 0 aliphatic rings. The molecule has 0 fully saturated rings. The molecule has 0 saturated carbocycles. The first-order valence-corrected chi connectivity index (χ1v) is 11.0. The molecule has 4 aromatic rings. The number of sulfone groups is 1. The third-order valence-corrected chi connectivity index (χ3v) is 5.89. The maximum Gasteiger partial charge on any atom is 0.418 e. The van der Waals surface area contributed by atoms with E-state index in [4.69, 9.17) is 5.73 Å². The Labute approximate surface area is 176 Å². The molecule has 0 spiro atoms. The van der Waals surface area contributed by atoms with Crippen LogP contribution in [0.3, 0.4) is 0 Å². The zero-order valence-electron chi connectivity index (χ0n) is 16.2. The largest absolute Gasteiger partial charge is 0.418 e. The van der Waals surface area contributed by atoms with Gasteiger partial charge in [-0.25, -0.2) is 18.4 Å². The Morgan fingerprint density at radius 2 is 1.48 bits per heavy atom. The second kappa shape index (κ2) is 7.35. The number of nitrogens with two attached hydrogens (primary N) is 1. The Morgan fingerprint density at radius 3 is 2.13 bits per heavy atom. The number of nitrogen functional groups attached to an aromatic ring is 1. The van der Waals surface area contributed by atoms with E-state index in [-0.39, 0.29) is 27.4 Å². The molecule has 5 nitrogen and oxygen atoms in total. The number of benzene rings is 3. The molecule has 0 aliphatic carbocycles. The smallest absolute Gasteiger partial charge is 0.382 e. The molecule has 0 radical (unpaired) electrons. The zero-order valence-corrected chi connectivity index (χ0v) is 17.0. The van der Waals surface area contributed by atoms with Gasteiger partial charge in [-0.1, -0.05) is 42.5 Å². The Balaban J connectivity index is 1.76. The van der Waals surface area contributed by atoms with Crippen LogP contribution in [-0.2, 0) is 16.0 Å². The lowest BCUT2D eigenvalue weighted by atomic mass is 10.0. The van der Waals surface area contributed by atoms with E-state index in [2.05, 4.69) is 9.97 Å². The van der Waals surface area contributed by atoms with Crippen LogP contribution in [0, 0.1) is 0 Å². The fourth-order valence-corrected chi connectivity index (χ4v) is 3.93. The first-order chi connectivity index (χ1) is 14.5. The average molecular weight is 443 g/mol. The van der Waals surface area contributed by atoms with Crippen LogP contribution in [0.25, 0.3) is 33.4 Å². The number of nitrogens with zero attached hydrogens (tertiary/aromatic N) is 2. The third-order valence-electron chi connectivity index (χ3n) is 4.78. The summed E-state index contributed by atoms with van der Waals surface area (Å²) in [6.07, 6.45) is -3.43. The van der Waals surface area contributed by atoms with Crippen molar-refractivity contribution in [2.24, 2.45) is 0 Å². The SMILES string of the molecule is CS(=O)(=O)c1cccc(-c2ccc(-c3nc4cccc(C(F)(F)F)c4nc3N)cc2)c1. The molecular weight excluding hydrogens is 427 g/mol. The molecule has 1 aromatic heterocycles. The second-order valence-electron chi connectivity index (χ2n) is 7.01. The predicted molar refractivity (Wildman–Crippen MR) is 113 cm³/mol. The fourth-order valence-electron chi connectivity index (χ4n) is 3.26. The van der Waals surface area contributed by atoms with E-state index in [1.165, 1.54) is 18.2 Å². The lowest BCUT2D eigenvalue weighted by Crippen LogP contribution is -2.08. The minimum Gasteiger partial charge on any atom is -0.382 e. The highest BCUT2D eigenvalue weighted by Gasteiger charge is 2.33. The van der Waals surface area contributed by atoms with E-state index in [1.54, 1.807) is 42.5 Å². The van der Waals surface area contributed by atoms with Crippen molar-refractivity contribution >= 4 is 26.7 Å². The van der Waals surface area contributed by atoms with Crippen LogP contribution in [0.4, 0.5) is 19.0 Å². The van der Waals surface area contributed by atoms with Gasteiger partial charge in [-0.05, 0) is 35.4 Å². The number of para-hydroxylation sites is 1. The van der Waals surface area contributed by atoms with Gasteiger partial charge >= 0.3 is 6.18 Å². The zero-order chi connectivity index (χ0) is 22.4. The first-order valence-electron chi connectivity index (χ1n) is 9.08. The van der Waals surface area contributed by atoms with Crippen molar-refractivity contribution in [1.29, 1.82) is 0 Å². The molecule has 9 heteroatoms. The number of fused-ring (bicyclic) bond motifs is 1. The van der Waals surface area contributed by atoms with Crippen molar-refractivity contribution in [2.45, 2.75) is 11.1 Å². The summed E-state index contributed by atoms with van der Waals surface area (Å²) in [5, 5.41) is 0. The Hall–Kier alpha value is -3.46. The van der Waals surface area contributed by atoms with Gasteiger partial charge in [0.2, 0.25) is 0 Å². The summed E-state index contributed by atoms with van der Waals surface area (Å²) in [5.41, 5.74) is 7.15. The minimum absolute atomic E-state index is 0.0870. The highest BCUT2D eigenvalue weighted by Crippen LogP contribution is 2.35. The van der Waals surface area contributed by atoms with Crippen LogP contribution in [0.15, 0.2) is 71.6 Å². The molecule has 0 amide bonds. The Morgan fingerprint density at radius 1 is 0.839 bits per heavy atom. The van der Waals surface area contributed by atoms with Crippen LogP contribution in [0.1, 0.15) is 5.56 Å². The topological polar surface area (TPSA) is 85.9 Å². The molecule has 0 unspecified atom stereocenters. The maximum absolute atomic E-state index is 13.2. The van der Waals surface area contributed by atoms with Gasteiger partial charge < -0.3 is 5.73 Å². The number of alkyl halides is 3. The standard InChI is InChI=1S/C22H16F3N3O2S/c1-31(29,30)16-5-2-4-15(12-16)13-8-10-14(11-9-13)19-21(26)28-20-17(22(23,24)25)6-3-7-18(20)27-19/h2-12H,1H3,(H2,26,28). The van der Waals surface area contributed by atoms with Crippen LogP contribution >= 0.6 is 0 Å². The van der Waals surface area contributed by atoms with Gasteiger partial charge in [0.1, 0.15) is 11.2 Å². The van der Waals surface area contributed by atoms with E-state index in [0.717, 1.165) is 17.9 Å². The lowest BCUT2D eigenvalue weighted by Gasteiger charge is -2.12. The van der Waals surface area contributed by atoms with Gasteiger partial charge in [0, 0.05) is 11.8 Å². The fraction of sp³-hybridized carbons (Fsp3) is 0.0909. The van der Waals surface area contributed by atoms with Crippen molar-refractivity contribution in [3.63, 3.8) is 0 Å². The van der Waals surface area contributed by atoms with E-state index >= 15 is 0 Å². The lowest BCUT2D eigenvalue weighted by molar-refractivity contribution is -0.136. The summed E-state index contributed by atoms with van der Waals surface area (Å²) < 4.78 is 63.3. The Bertz CT molecular complexity index is 1400. The van der Waals surface area contributed by atoms with Crippen molar-refractivity contribution in [3.8, 4) is 22.4 Å². The predicted octanol–water partition coefficient (Wildman–Crippen LogP) is 4.97. The van der Waals surface area contributed by atoms with Gasteiger partial charge in [0.25, 0.3) is 0 Å². The van der Waals surface area contributed by atoms with E-state index < -0.39 is 21.6 Å². The van der Waals surface area contributed by atoms with Crippen molar-refractivity contribution in [1.82, 2.24) is 9.97 Å². The summed E-state index contributed by atoms with van der Waals surface area (Å²) in [6, 6.07) is 17.1. The first kappa shape index (κ1) is 20.8. The average Bonchev–Trinajstić information content (AvgIpc) is 2.72. The van der Waals surface area contributed by atoms with Crippen LogP contribution in [0.2, 0.25) is 0 Å².